The molecule has 0 saturated heterocycles. The van der Waals surface area contributed by atoms with Crippen LogP contribution >= 0.6 is 11.8 Å². The molecule has 2 aromatic rings. The molecule has 27 heavy (non-hydrogen) atoms. The molecule has 2 heterocycles. The number of rotatable bonds is 3. The number of hydrogen-bond acceptors (Lipinski definition) is 6. The highest BCUT2D eigenvalue weighted by Gasteiger charge is 2.36. The van der Waals surface area contributed by atoms with Gasteiger partial charge in [-0.15, -0.1) is 0 Å². The van der Waals surface area contributed by atoms with Gasteiger partial charge in [0.05, 0.1) is 10.7 Å². The van der Waals surface area contributed by atoms with E-state index in [0.29, 0.717) is 0 Å². The number of benzene rings is 2. The summed E-state index contributed by atoms with van der Waals surface area (Å²) in [6.45, 7) is 3.99. The number of allylic oxidation sites excluding steroid dienone is 2. The monoisotopic (exact) mass is 379 g/mol. The number of nitrogens with zero attached hydrogens (tertiary/aromatic N) is 1. The zero-order valence-electron chi connectivity index (χ0n) is 14.9. The van der Waals surface area contributed by atoms with Gasteiger partial charge in [0.1, 0.15) is 5.76 Å². The van der Waals surface area contributed by atoms with Crippen molar-refractivity contribution >= 4 is 45.8 Å². The largest absolute Gasteiger partial charge is 0.425 e. The van der Waals surface area contributed by atoms with Gasteiger partial charge in [0, 0.05) is 29.0 Å². The SMILES string of the molecule is CCN1/C(=C/C2=CC(=O)C(C(C)=O)C(=O)O2)Sc2ccc3ccccc3c21. The number of fused-ring (bicyclic) bond motifs is 3. The summed E-state index contributed by atoms with van der Waals surface area (Å²) < 4.78 is 5.24. The summed E-state index contributed by atoms with van der Waals surface area (Å²) in [4.78, 5) is 38.9. The third-order valence-corrected chi connectivity index (χ3v) is 5.72. The van der Waals surface area contributed by atoms with E-state index < -0.39 is 23.5 Å². The fraction of sp³-hybridized carbons (Fsp3) is 0.190. The van der Waals surface area contributed by atoms with E-state index in [1.165, 1.54) is 13.0 Å². The third kappa shape index (κ3) is 2.96. The van der Waals surface area contributed by atoms with Crippen LogP contribution in [-0.2, 0) is 19.1 Å². The first-order chi connectivity index (χ1) is 13.0. The van der Waals surface area contributed by atoms with Gasteiger partial charge in [-0.3, -0.25) is 14.4 Å². The first-order valence-corrected chi connectivity index (χ1v) is 9.47. The predicted molar refractivity (Wildman–Crippen MR) is 104 cm³/mol. The second kappa shape index (κ2) is 6.70. The molecule has 4 rings (SSSR count). The average Bonchev–Trinajstić information content (AvgIpc) is 2.98. The molecule has 0 amide bonds. The summed E-state index contributed by atoms with van der Waals surface area (Å²) in [6, 6.07) is 12.3. The van der Waals surface area contributed by atoms with Gasteiger partial charge in [-0.1, -0.05) is 42.1 Å². The Morgan fingerprint density at radius 1 is 1.22 bits per heavy atom. The summed E-state index contributed by atoms with van der Waals surface area (Å²) in [5, 5.41) is 3.17. The molecular weight excluding hydrogens is 362 g/mol. The van der Waals surface area contributed by atoms with E-state index in [1.807, 2.05) is 19.1 Å². The molecule has 6 heteroatoms. The molecule has 1 atom stereocenters. The Morgan fingerprint density at radius 3 is 2.70 bits per heavy atom. The highest BCUT2D eigenvalue weighted by molar-refractivity contribution is 8.03. The van der Waals surface area contributed by atoms with E-state index in [0.717, 1.165) is 32.9 Å². The summed E-state index contributed by atoms with van der Waals surface area (Å²) >= 11 is 1.56. The number of cyclic esters (lactones) is 1. The van der Waals surface area contributed by atoms with E-state index in [4.69, 9.17) is 4.74 Å². The number of carbonyl (C=O) groups is 3. The third-order valence-electron chi connectivity index (χ3n) is 4.63. The number of Topliss-reactive ketones (excluding diaryl/α,β-unsaturated/α-hetero) is 1. The summed E-state index contributed by atoms with van der Waals surface area (Å²) in [5.41, 5.74) is 1.11. The predicted octanol–water partition coefficient (Wildman–Crippen LogP) is 3.83. The van der Waals surface area contributed by atoms with Gasteiger partial charge < -0.3 is 9.64 Å². The van der Waals surface area contributed by atoms with Gasteiger partial charge in [0.15, 0.2) is 17.5 Å². The lowest BCUT2D eigenvalue weighted by Crippen LogP contribution is -2.34. The Hall–Kier alpha value is -2.86. The number of hydrogen-bond donors (Lipinski definition) is 0. The maximum Gasteiger partial charge on any atom is 0.329 e. The van der Waals surface area contributed by atoms with Crippen LogP contribution in [0.5, 0.6) is 0 Å². The van der Waals surface area contributed by atoms with Crippen LogP contribution in [0, 0.1) is 5.92 Å². The lowest BCUT2D eigenvalue weighted by molar-refractivity contribution is -0.151. The Kier molecular flexibility index (Phi) is 4.36. The molecule has 2 aliphatic rings. The number of thioether (sulfide) groups is 1. The Morgan fingerprint density at radius 2 is 2.00 bits per heavy atom. The Bertz CT molecular complexity index is 1050. The van der Waals surface area contributed by atoms with Crippen molar-refractivity contribution in [1.82, 2.24) is 0 Å². The summed E-state index contributed by atoms with van der Waals surface area (Å²) in [7, 11) is 0. The van der Waals surface area contributed by atoms with E-state index >= 15 is 0 Å². The molecule has 1 unspecified atom stereocenters. The highest BCUT2D eigenvalue weighted by Crippen LogP contribution is 2.49. The molecule has 136 valence electrons. The number of carbonyl (C=O) groups excluding carboxylic acids is 3. The lowest BCUT2D eigenvalue weighted by Gasteiger charge is -2.21. The zero-order valence-corrected chi connectivity index (χ0v) is 15.7. The molecule has 2 aliphatic heterocycles. The minimum absolute atomic E-state index is 0.167. The molecule has 2 aromatic carbocycles. The number of ether oxygens (including phenoxy) is 1. The second-order valence-corrected chi connectivity index (χ2v) is 7.44. The minimum atomic E-state index is -1.34. The van der Waals surface area contributed by atoms with Crippen molar-refractivity contribution in [2.75, 3.05) is 11.4 Å². The van der Waals surface area contributed by atoms with Crippen LogP contribution in [-0.4, -0.2) is 24.1 Å². The van der Waals surface area contributed by atoms with Crippen LogP contribution in [0.3, 0.4) is 0 Å². The Labute approximate surface area is 160 Å². The van der Waals surface area contributed by atoms with Crippen LogP contribution in [0.25, 0.3) is 10.8 Å². The maximum atomic E-state index is 12.1. The van der Waals surface area contributed by atoms with E-state index in [9.17, 15) is 14.4 Å². The van der Waals surface area contributed by atoms with Crippen molar-refractivity contribution in [3.8, 4) is 0 Å². The van der Waals surface area contributed by atoms with Gasteiger partial charge in [-0.2, -0.15) is 0 Å². The topological polar surface area (TPSA) is 63.7 Å². The zero-order chi connectivity index (χ0) is 19.1. The smallest absolute Gasteiger partial charge is 0.329 e. The van der Waals surface area contributed by atoms with Crippen LogP contribution in [0.4, 0.5) is 5.69 Å². The van der Waals surface area contributed by atoms with Gasteiger partial charge in [-0.25, -0.2) is 0 Å². The van der Waals surface area contributed by atoms with Crippen molar-refractivity contribution < 1.29 is 19.1 Å². The summed E-state index contributed by atoms with van der Waals surface area (Å²) in [6.07, 6.45) is 2.92. The average molecular weight is 379 g/mol. The summed E-state index contributed by atoms with van der Waals surface area (Å²) in [5.74, 6) is -3.01. The molecular formula is C21H17NO4S. The molecule has 0 spiro atoms. The number of anilines is 1. The van der Waals surface area contributed by atoms with Crippen molar-refractivity contribution in [2.24, 2.45) is 5.92 Å². The van der Waals surface area contributed by atoms with Gasteiger partial charge in [0.25, 0.3) is 0 Å². The molecule has 0 N–H and O–H groups in total. The minimum Gasteiger partial charge on any atom is -0.425 e. The standard InChI is InChI=1S/C21H17NO4S/c1-3-22-18(11-14-10-16(24)19(12(2)23)21(25)26-14)27-17-9-8-13-6-4-5-7-15(13)20(17)22/h4-11,19H,3H2,1-2H3/b18-11-. The quantitative estimate of drug-likeness (QED) is 0.597. The molecule has 0 radical (unpaired) electrons. The molecule has 5 nitrogen and oxygen atoms in total. The van der Waals surface area contributed by atoms with Crippen LogP contribution in [0.15, 0.2) is 64.2 Å². The van der Waals surface area contributed by atoms with E-state index in [-0.39, 0.29) is 5.76 Å². The van der Waals surface area contributed by atoms with Crippen LogP contribution < -0.4 is 4.90 Å². The Balaban J connectivity index is 1.74. The second-order valence-electron chi connectivity index (χ2n) is 6.38. The van der Waals surface area contributed by atoms with Gasteiger partial charge >= 0.3 is 5.97 Å². The van der Waals surface area contributed by atoms with E-state index in [2.05, 4.69) is 29.2 Å². The van der Waals surface area contributed by atoms with Crippen molar-refractivity contribution in [2.45, 2.75) is 18.7 Å². The normalized spacial score (nSPS) is 20.7. The lowest BCUT2D eigenvalue weighted by atomic mass is 9.97. The number of esters is 1. The first kappa shape index (κ1) is 17.5. The van der Waals surface area contributed by atoms with Crippen molar-refractivity contribution in [3.63, 3.8) is 0 Å². The molecule has 0 aromatic heterocycles. The molecule has 0 saturated carbocycles. The fourth-order valence-electron chi connectivity index (χ4n) is 3.40. The van der Waals surface area contributed by atoms with Gasteiger partial charge in [0.2, 0.25) is 0 Å². The molecule has 0 fully saturated rings. The fourth-order valence-corrected chi connectivity index (χ4v) is 4.58. The van der Waals surface area contributed by atoms with E-state index in [1.54, 1.807) is 17.8 Å². The van der Waals surface area contributed by atoms with Crippen molar-refractivity contribution in [3.05, 3.63) is 59.3 Å². The van der Waals surface area contributed by atoms with Crippen molar-refractivity contribution in [1.29, 1.82) is 0 Å². The first-order valence-electron chi connectivity index (χ1n) is 8.66. The molecule has 0 bridgehead atoms. The molecule has 0 aliphatic carbocycles. The van der Waals surface area contributed by atoms with Crippen LogP contribution in [0.2, 0.25) is 0 Å². The maximum absolute atomic E-state index is 12.1. The highest BCUT2D eigenvalue weighted by atomic mass is 32.2. The van der Waals surface area contributed by atoms with Crippen LogP contribution in [0.1, 0.15) is 13.8 Å². The number of ketones is 2. The van der Waals surface area contributed by atoms with Gasteiger partial charge in [-0.05, 0) is 25.3 Å².